The number of rotatable bonds is 5. The lowest BCUT2D eigenvalue weighted by molar-refractivity contribution is 0.620. The van der Waals surface area contributed by atoms with Crippen molar-refractivity contribution < 1.29 is 0 Å². The Balaban J connectivity index is 2.32. The van der Waals surface area contributed by atoms with Gasteiger partial charge in [0.25, 0.3) is 0 Å². The highest BCUT2D eigenvalue weighted by Gasteiger charge is 1.99. The predicted octanol–water partition coefficient (Wildman–Crippen LogP) is 1.45. The van der Waals surface area contributed by atoms with Crippen LogP contribution in [0.25, 0.3) is 0 Å². The standard InChI is InChI=1S/C9H16ClN3/c1-8-6-9(13(2)12-8)7-11-5-3-4-10/h6,11H,3-5,7H2,1-2H3. The van der Waals surface area contributed by atoms with Crippen LogP contribution in [0.4, 0.5) is 0 Å². The number of nitrogens with zero attached hydrogens (tertiary/aromatic N) is 2. The summed E-state index contributed by atoms with van der Waals surface area (Å²) in [5.41, 5.74) is 2.28. The highest BCUT2D eigenvalue weighted by molar-refractivity contribution is 6.17. The molecule has 0 bridgehead atoms. The lowest BCUT2D eigenvalue weighted by Gasteiger charge is -2.02. The molecule has 0 aliphatic rings. The summed E-state index contributed by atoms with van der Waals surface area (Å²) in [7, 11) is 1.96. The highest BCUT2D eigenvalue weighted by Crippen LogP contribution is 2.00. The predicted molar refractivity (Wildman–Crippen MR) is 55.0 cm³/mol. The summed E-state index contributed by atoms with van der Waals surface area (Å²) in [4.78, 5) is 0. The van der Waals surface area contributed by atoms with Gasteiger partial charge in [0.15, 0.2) is 0 Å². The van der Waals surface area contributed by atoms with Crippen molar-refractivity contribution in [2.24, 2.45) is 7.05 Å². The summed E-state index contributed by atoms with van der Waals surface area (Å²) in [5.74, 6) is 0.720. The topological polar surface area (TPSA) is 29.9 Å². The Kier molecular flexibility index (Phi) is 4.25. The number of alkyl halides is 1. The highest BCUT2D eigenvalue weighted by atomic mass is 35.5. The number of aryl methyl sites for hydroxylation is 2. The minimum absolute atomic E-state index is 0.720. The first-order valence-electron chi connectivity index (χ1n) is 4.50. The van der Waals surface area contributed by atoms with Gasteiger partial charge in [-0.2, -0.15) is 5.10 Å². The molecule has 0 atom stereocenters. The molecular formula is C9H16ClN3. The van der Waals surface area contributed by atoms with Crippen LogP contribution in [0.15, 0.2) is 6.07 Å². The molecule has 0 spiro atoms. The van der Waals surface area contributed by atoms with Crippen LogP contribution >= 0.6 is 11.6 Å². The molecule has 1 heterocycles. The average Bonchev–Trinajstić information content (AvgIpc) is 2.39. The van der Waals surface area contributed by atoms with Gasteiger partial charge in [-0.25, -0.2) is 0 Å². The number of halogens is 1. The average molecular weight is 202 g/mol. The van der Waals surface area contributed by atoms with Gasteiger partial charge in [0, 0.05) is 19.5 Å². The maximum Gasteiger partial charge on any atom is 0.0597 e. The molecular weight excluding hydrogens is 186 g/mol. The Bertz CT molecular complexity index is 257. The van der Waals surface area contributed by atoms with E-state index in [2.05, 4.69) is 16.5 Å². The van der Waals surface area contributed by atoms with E-state index in [4.69, 9.17) is 11.6 Å². The maximum absolute atomic E-state index is 5.56. The van der Waals surface area contributed by atoms with Gasteiger partial charge in [-0.15, -0.1) is 11.6 Å². The second-order valence-electron chi connectivity index (χ2n) is 3.12. The molecule has 0 aliphatic carbocycles. The fourth-order valence-electron chi connectivity index (χ4n) is 1.24. The quantitative estimate of drug-likeness (QED) is 0.577. The largest absolute Gasteiger partial charge is 0.311 e. The third-order valence-electron chi connectivity index (χ3n) is 1.89. The van der Waals surface area contributed by atoms with E-state index in [1.807, 2.05) is 18.7 Å². The minimum Gasteiger partial charge on any atom is -0.311 e. The molecule has 0 unspecified atom stereocenters. The van der Waals surface area contributed by atoms with E-state index in [9.17, 15) is 0 Å². The smallest absolute Gasteiger partial charge is 0.0597 e. The Labute approximate surface area is 84.1 Å². The van der Waals surface area contributed by atoms with Gasteiger partial charge in [0.2, 0.25) is 0 Å². The fraction of sp³-hybridized carbons (Fsp3) is 0.667. The molecule has 0 saturated carbocycles. The molecule has 0 saturated heterocycles. The van der Waals surface area contributed by atoms with E-state index in [0.29, 0.717) is 0 Å². The summed E-state index contributed by atoms with van der Waals surface area (Å²) >= 11 is 5.56. The van der Waals surface area contributed by atoms with Crippen LogP contribution in [0.1, 0.15) is 17.8 Å². The SMILES string of the molecule is Cc1cc(CNCCCCl)n(C)n1. The Morgan fingerprint density at radius 3 is 2.92 bits per heavy atom. The first-order valence-corrected chi connectivity index (χ1v) is 5.03. The molecule has 74 valence electrons. The Morgan fingerprint density at radius 2 is 2.38 bits per heavy atom. The van der Waals surface area contributed by atoms with Crippen LogP contribution in [0.5, 0.6) is 0 Å². The number of nitrogens with one attached hydrogen (secondary N) is 1. The summed E-state index contributed by atoms with van der Waals surface area (Å²) in [6.45, 7) is 3.84. The van der Waals surface area contributed by atoms with Crippen molar-refractivity contribution >= 4 is 11.6 Å². The zero-order chi connectivity index (χ0) is 9.68. The Morgan fingerprint density at radius 1 is 1.62 bits per heavy atom. The van der Waals surface area contributed by atoms with E-state index >= 15 is 0 Å². The summed E-state index contributed by atoms with van der Waals surface area (Å²) in [6.07, 6.45) is 1.01. The van der Waals surface area contributed by atoms with Gasteiger partial charge in [-0.1, -0.05) is 0 Å². The van der Waals surface area contributed by atoms with Crippen molar-refractivity contribution in [3.63, 3.8) is 0 Å². The number of aromatic nitrogens is 2. The fourth-order valence-corrected chi connectivity index (χ4v) is 1.37. The molecule has 0 amide bonds. The molecule has 0 aliphatic heterocycles. The van der Waals surface area contributed by atoms with Gasteiger partial charge in [0.05, 0.1) is 11.4 Å². The van der Waals surface area contributed by atoms with Crippen LogP contribution < -0.4 is 5.32 Å². The summed E-state index contributed by atoms with van der Waals surface area (Å²) in [6, 6.07) is 2.09. The van der Waals surface area contributed by atoms with Crippen molar-refractivity contribution in [3.8, 4) is 0 Å². The van der Waals surface area contributed by atoms with E-state index in [1.165, 1.54) is 5.69 Å². The molecule has 1 aromatic heterocycles. The lowest BCUT2D eigenvalue weighted by atomic mass is 10.3. The van der Waals surface area contributed by atoms with Crippen molar-refractivity contribution in [1.82, 2.24) is 15.1 Å². The van der Waals surface area contributed by atoms with Gasteiger partial charge >= 0.3 is 0 Å². The molecule has 0 fully saturated rings. The maximum atomic E-state index is 5.56. The van der Waals surface area contributed by atoms with Gasteiger partial charge in [0.1, 0.15) is 0 Å². The normalized spacial score (nSPS) is 10.7. The van der Waals surface area contributed by atoms with Crippen LogP contribution in [0.2, 0.25) is 0 Å². The first-order chi connectivity index (χ1) is 6.24. The Hall–Kier alpha value is -0.540. The number of hydrogen-bond acceptors (Lipinski definition) is 2. The van der Waals surface area contributed by atoms with Crippen LogP contribution in [-0.4, -0.2) is 22.2 Å². The van der Waals surface area contributed by atoms with Crippen molar-refractivity contribution in [1.29, 1.82) is 0 Å². The van der Waals surface area contributed by atoms with Gasteiger partial charge < -0.3 is 5.32 Å². The van der Waals surface area contributed by atoms with Crippen molar-refractivity contribution in [2.75, 3.05) is 12.4 Å². The molecule has 1 N–H and O–H groups in total. The van der Waals surface area contributed by atoms with Crippen molar-refractivity contribution in [2.45, 2.75) is 19.9 Å². The van der Waals surface area contributed by atoms with E-state index in [0.717, 1.165) is 31.1 Å². The summed E-state index contributed by atoms with van der Waals surface area (Å²) in [5, 5.41) is 7.57. The van der Waals surface area contributed by atoms with E-state index < -0.39 is 0 Å². The van der Waals surface area contributed by atoms with Crippen LogP contribution in [-0.2, 0) is 13.6 Å². The van der Waals surface area contributed by atoms with Crippen LogP contribution in [0.3, 0.4) is 0 Å². The molecule has 1 rings (SSSR count). The molecule has 0 aromatic carbocycles. The summed E-state index contributed by atoms with van der Waals surface area (Å²) < 4.78 is 1.91. The lowest BCUT2D eigenvalue weighted by Crippen LogP contribution is -2.17. The minimum atomic E-state index is 0.720. The molecule has 1 aromatic rings. The van der Waals surface area contributed by atoms with E-state index in [-0.39, 0.29) is 0 Å². The van der Waals surface area contributed by atoms with Crippen molar-refractivity contribution in [3.05, 3.63) is 17.5 Å². The molecule has 13 heavy (non-hydrogen) atoms. The molecule has 0 radical (unpaired) electrons. The van der Waals surface area contributed by atoms with E-state index in [1.54, 1.807) is 0 Å². The monoisotopic (exact) mass is 201 g/mol. The zero-order valence-corrected chi connectivity index (χ0v) is 8.93. The van der Waals surface area contributed by atoms with Gasteiger partial charge in [-0.05, 0) is 26.0 Å². The van der Waals surface area contributed by atoms with Gasteiger partial charge in [-0.3, -0.25) is 4.68 Å². The number of hydrogen-bond donors (Lipinski definition) is 1. The third kappa shape index (κ3) is 3.36. The first kappa shape index (κ1) is 10.5. The molecule has 4 heteroatoms. The second kappa shape index (κ2) is 5.25. The van der Waals surface area contributed by atoms with Crippen LogP contribution in [0, 0.1) is 6.92 Å². The zero-order valence-electron chi connectivity index (χ0n) is 8.18. The third-order valence-corrected chi connectivity index (χ3v) is 2.16. The molecule has 3 nitrogen and oxygen atoms in total. The second-order valence-corrected chi connectivity index (χ2v) is 3.50.